The second kappa shape index (κ2) is 10.3. The highest BCUT2D eigenvalue weighted by Crippen LogP contribution is 2.14. The van der Waals surface area contributed by atoms with Crippen molar-refractivity contribution in [2.45, 2.75) is 52.4 Å². The van der Waals surface area contributed by atoms with Crippen molar-refractivity contribution in [3.8, 4) is 5.75 Å². The molecule has 1 aromatic carbocycles. The molecule has 0 unspecified atom stereocenters. The number of carbonyl (C=O) groups excluding carboxylic acids is 1. The van der Waals surface area contributed by atoms with Crippen molar-refractivity contribution in [1.82, 2.24) is 0 Å². The third-order valence-electron chi connectivity index (χ3n) is 3.13. The first-order chi connectivity index (χ1) is 9.77. The van der Waals surface area contributed by atoms with Crippen molar-refractivity contribution in [2.75, 3.05) is 13.2 Å². The van der Waals surface area contributed by atoms with Gasteiger partial charge in [0.15, 0.2) is 0 Å². The lowest BCUT2D eigenvalue weighted by molar-refractivity contribution is 0.0526. The first-order valence-electron chi connectivity index (χ1n) is 7.68. The van der Waals surface area contributed by atoms with Gasteiger partial charge < -0.3 is 9.47 Å². The number of unbranched alkanes of at least 4 members (excludes halogenated alkanes) is 5. The monoisotopic (exact) mass is 278 g/mol. The van der Waals surface area contributed by atoms with Crippen LogP contribution in [0, 0.1) is 0 Å². The van der Waals surface area contributed by atoms with Crippen LogP contribution in [0.3, 0.4) is 0 Å². The van der Waals surface area contributed by atoms with Crippen LogP contribution in [-0.2, 0) is 4.74 Å². The van der Waals surface area contributed by atoms with Crippen LogP contribution in [0.15, 0.2) is 24.3 Å². The van der Waals surface area contributed by atoms with Crippen molar-refractivity contribution in [3.05, 3.63) is 29.8 Å². The number of carbonyl (C=O) groups is 1. The minimum Gasteiger partial charge on any atom is -0.494 e. The average Bonchev–Trinajstić information content (AvgIpc) is 2.47. The van der Waals surface area contributed by atoms with Gasteiger partial charge in [0.25, 0.3) is 0 Å². The van der Waals surface area contributed by atoms with Crippen LogP contribution in [0.5, 0.6) is 5.75 Å². The molecular formula is C17H26O3. The van der Waals surface area contributed by atoms with Gasteiger partial charge in [-0.2, -0.15) is 0 Å². The molecule has 1 rings (SSSR count). The molecule has 0 N–H and O–H groups in total. The smallest absolute Gasteiger partial charge is 0.338 e. The molecule has 0 amide bonds. The SMILES string of the molecule is CCCCCCCCOc1ccc(C(=O)OCC)cc1. The van der Waals surface area contributed by atoms with Gasteiger partial charge in [0.05, 0.1) is 18.8 Å². The van der Waals surface area contributed by atoms with Gasteiger partial charge in [-0.15, -0.1) is 0 Å². The van der Waals surface area contributed by atoms with Crippen LogP contribution in [-0.4, -0.2) is 19.2 Å². The molecule has 0 aliphatic heterocycles. The molecule has 20 heavy (non-hydrogen) atoms. The second-order valence-corrected chi connectivity index (χ2v) is 4.86. The number of esters is 1. The summed E-state index contributed by atoms with van der Waals surface area (Å²) in [5.74, 6) is 0.529. The third kappa shape index (κ3) is 6.60. The maximum atomic E-state index is 11.5. The van der Waals surface area contributed by atoms with E-state index in [0.717, 1.165) is 18.8 Å². The van der Waals surface area contributed by atoms with Crippen LogP contribution in [0.2, 0.25) is 0 Å². The number of hydrogen-bond donors (Lipinski definition) is 0. The minimum absolute atomic E-state index is 0.282. The largest absolute Gasteiger partial charge is 0.494 e. The molecular weight excluding hydrogens is 252 g/mol. The van der Waals surface area contributed by atoms with E-state index in [-0.39, 0.29) is 5.97 Å². The van der Waals surface area contributed by atoms with Crippen LogP contribution >= 0.6 is 0 Å². The maximum Gasteiger partial charge on any atom is 0.338 e. The summed E-state index contributed by atoms with van der Waals surface area (Å²) in [6.45, 7) is 5.17. The summed E-state index contributed by atoms with van der Waals surface area (Å²) in [6.07, 6.45) is 7.54. The Labute approximate surface area is 122 Å². The van der Waals surface area contributed by atoms with E-state index in [1.54, 1.807) is 19.1 Å². The Morgan fingerprint density at radius 1 is 0.950 bits per heavy atom. The molecule has 0 spiro atoms. The van der Waals surface area contributed by atoms with Gasteiger partial charge in [0.2, 0.25) is 0 Å². The highest BCUT2D eigenvalue weighted by molar-refractivity contribution is 5.89. The molecule has 0 saturated heterocycles. The fraction of sp³-hybridized carbons (Fsp3) is 0.588. The predicted molar refractivity (Wildman–Crippen MR) is 81.3 cm³/mol. The number of hydrogen-bond acceptors (Lipinski definition) is 3. The molecule has 3 nitrogen and oxygen atoms in total. The van der Waals surface area contributed by atoms with Gasteiger partial charge in [-0.1, -0.05) is 39.0 Å². The molecule has 112 valence electrons. The van der Waals surface area contributed by atoms with Crippen molar-refractivity contribution in [1.29, 1.82) is 0 Å². The summed E-state index contributed by atoms with van der Waals surface area (Å²) in [6, 6.07) is 7.13. The summed E-state index contributed by atoms with van der Waals surface area (Å²) in [4.78, 5) is 11.5. The van der Waals surface area contributed by atoms with Gasteiger partial charge in [-0.05, 0) is 37.6 Å². The molecule has 0 aromatic heterocycles. The first-order valence-corrected chi connectivity index (χ1v) is 7.68. The molecule has 0 radical (unpaired) electrons. The number of rotatable bonds is 10. The number of benzene rings is 1. The van der Waals surface area contributed by atoms with E-state index in [1.807, 2.05) is 12.1 Å². The molecule has 0 fully saturated rings. The molecule has 3 heteroatoms. The highest BCUT2D eigenvalue weighted by atomic mass is 16.5. The molecule has 0 atom stereocenters. The van der Waals surface area contributed by atoms with Crippen molar-refractivity contribution >= 4 is 5.97 Å². The molecule has 1 aromatic rings. The van der Waals surface area contributed by atoms with Crippen LogP contribution in [0.1, 0.15) is 62.7 Å². The Hall–Kier alpha value is -1.51. The average molecular weight is 278 g/mol. The van der Waals surface area contributed by atoms with Crippen molar-refractivity contribution in [3.63, 3.8) is 0 Å². The molecule has 0 heterocycles. The van der Waals surface area contributed by atoms with E-state index >= 15 is 0 Å². The van der Waals surface area contributed by atoms with E-state index in [1.165, 1.54) is 32.1 Å². The van der Waals surface area contributed by atoms with E-state index in [0.29, 0.717) is 12.2 Å². The van der Waals surface area contributed by atoms with Gasteiger partial charge in [0, 0.05) is 0 Å². The maximum absolute atomic E-state index is 11.5. The van der Waals surface area contributed by atoms with E-state index in [4.69, 9.17) is 9.47 Å². The number of ether oxygens (including phenoxy) is 2. The Kier molecular flexibility index (Phi) is 8.52. The van der Waals surface area contributed by atoms with Crippen molar-refractivity contribution < 1.29 is 14.3 Å². The summed E-state index contributed by atoms with van der Waals surface area (Å²) in [5.41, 5.74) is 0.568. The summed E-state index contributed by atoms with van der Waals surface area (Å²) in [5, 5.41) is 0. The minimum atomic E-state index is -0.282. The molecule has 0 saturated carbocycles. The lowest BCUT2D eigenvalue weighted by Crippen LogP contribution is -2.04. The molecule has 0 aliphatic rings. The Morgan fingerprint density at radius 2 is 1.60 bits per heavy atom. The van der Waals surface area contributed by atoms with Crippen LogP contribution < -0.4 is 4.74 Å². The zero-order valence-electron chi connectivity index (χ0n) is 12.7. The lowest BCUT2D eigenvalue weighted by Gasteiger charge is -2.07. The summed E-state index contributed by atoms with van der Waals surface area (Å²) >= 11 is 0. The normalized spacial score (nSPS) is 10.3. The van der Waals surface area contributed by atoms with Gasteiger partial charge in [-0.25, -0.2) is 4.79 Å². The fourth-order valence-corrected chi connectivity index (χ4v) is 1.97. The zero-order valence-corrected chi connectivity index (χ0v) is 12.7. The van der Waals surface area contributed by atoms with E-state index in [2.05, 4.69) is 6.92 Å². The van der Waals surface area contributed by atoms with E-state index in [9.17, 15) is 4.79 Å². The quantitative estimate of drug-likeness (QED) is 0.463. The summed E-state index contributed by atoms with van der Waals surface area (Å²) < 4.78 is 10.6. The Bertz CT molecular complexity index is 370. The van der Waals surface area contributed by atoms with Gasteiger partial charge in [0.1, 0.15) is 5.75 Å². The Morgan fingerprint density at radius 3 is 2.25 bits per heavy atom. The molecule has 0 aliphatic carbocycles. The molecule has 0 bridgehead atoms. The van der Waals surface area contributed by atoms with Gasteiger partial charge in [-0.3, -0.25) is 0 Å². The topological polar surface area (TPSA) is 35.5 Å². The second-order valence-electron chi connectivity index (χ2n) is 4.86. The summed E-state index contributed by atoms with van der Waals surface area (Å²) in [7, 11) is 0. The zero-order chi connectivity index (χ0) is 14.6. The predicted octanol–water partition coefficient (Wildman–Crippen LogP) is 4.60. The van der Waals surface area contributed by atoms with Crippen molar-refractivity contribution in [2.24, 2.45) is 0 Å². The Balaban J connectivity index is 2.20. The van der Waals surface area contributed by atoms with E-state index < -0.39 is 0 Å². The highest BCUT2D eigenvalue weighted by Gasteiger charge is 2.05. The standard InChI is InChI=1S/C17H26O3/c1-3-5-6-7-8-9-14-20-16-12-10-15(11-13-16)17(18)19-4-2/h10-13H,3-9,14H2,1-2H3. The lowest BCUT2D eigenvalue weighted by atomic mass is 10.1. The van der Waals surface area contributed by atoms with Crippen LogP contribution in [0.4, 0.5) is 0 Å². The fourth-order valence-electron chi connectivity index (χ4n) is 1.97. The van der Waals surface area contributed by atoms with Crippen LogP contribution in [0.25, 0.3) is 0 Å². The van der Waals surface area contributed by atoms with Gasteiger partial charge >= 0.3 is 5.97 Å². The third-order valence-corrected chi connectivity index (χ3v) is 3.13. The first kappa shape index (κ1) is 16.5.